The molecule has 10 heteroatoms. The van der Waals surface area contributed by atoms with Gasteiger partial charge in [-0.3, -0.25) is 19.4 Å². The number of carboxylic acid groups (broad SMARTS) is 1. The number of carbonyl (C=O) groups excluding carboxylic acids is 1. The lowest BCUT2D eigenvalue weighted by atomic mass is 10.1. The summed E-state index contributed by atoms with van der Waals surface area (Å²) in [6.45, 7) is 8.35. The number of aromatic nitrogens is 2. The first-order valence-electron chi connectivity index (χ1n) is 12.9. The lowest BCUT2D eigenvalue weighted by Crippen LogP contribution is -2.38. The van der Waals surface area contributed by atoms with E-state index in [-0.39, 0.29) is 5.91 Å². The normalized spacial score (nSPS) is 15.5. The topological polar surface area (TPSA) is 95.9 Å². The summed E-state index contributed by atoms with van der Waals surface area (Å²) in [4.78, 5) is 28.4. The molecule has 4 rings (SSSR count). The maximum absolute atomic E-state index is 13.4. The fourth-order valence-corrected chi connectivity index (χ4v) is 5.83. The highest BCUT2D eigenvalue weighted by Gasteiger charge is 2.30. The van der Waals surface area contributed by atoms with E-state index >= 15 is 0 Å². The Morgan fingerprint density at radius 3 is 2.63 bits per heavy atom. The summed E-state index contributed by atoms with van der Waals surface area (Å²) in [5.41, 5.74) is 3.27. The molecule has 202 valence electrons. The number of carboxylic acids is 1. The fraction of sp³-hybridized carbons (Fsp3) is 0.429. The number of carbonyl (C=O) groups is 2. The predicted octanol–water partition coefficient (Wildman–Crippen LogP) is 5.85. The van der Waals surface area contributed by atoms with Gasteiger partial charge in [0.25, 0.3) is 5.91 Å². The average molecular weight is 557 g/mol. The SMILES string of the molecule is CCCCN(C(=O)c1ccccc1Cl)c1nnc(-c2cc(C)c(OCCN3CCC[C@H]3C(=O)O)c(C)c2)s1. The van der Waals surface area contributed by atoms with Gasteiger partial charge in [-0.05, 0) is 75.0 Å². The quantitative estimate of drug-likeness (QED) is 0.316. The number of nitrogens with zero attached hydrogens (tertiary/aromatic N) is 4. The maximum Gasteiger partial charge on any atom is 0.320 e. The molecule has 2 aromatic carbocycles. The second kappa shape index (κ2) is 12.7. The highest BCUT2D eigenvalue weighted by Crippen LogP contribution is 2.35. The third-order valence-electron chi connectivity index (χ3n) is 6.71. The number of amides is 1. The Balaban J connectivity index is 1.49. The van der Waals surface area contributed by atoms with Gasteiger partial charge in [0.05, 0.1) is 10.6 Å². The first-order chi connectivity index (χ1) is 18.3. The third kappa shape index (κ3) is 6.34. The molecule has 0 unspecified atom stereocenters. The first kappa shape index (κ1) is 28.0. The highest BCUT2D eigenvalue weighted by molar-refractivity contribution is 7.18. The molecule has 0 spiro atoms. The summed E-state index contributed by atoms with van der Waals surface area (Å²) >= 11 is 7.68. The van der Waals surface area contributed by atoms with Crippen LogP contribution >= 0.6 is 22.9 Å². The molecule has 1 aliphatic rings. The van der Waals surface area contributed by atoms with Crippen molar-refractivity contribution in [3.05, 3.63) is 58.1 Å². The van der Waals surface area contributed by atoms with Crippen molar-refractivity contribution in [3.8, 4) is 16.3 Å². The fourth-order valence-electron chi connectivity index (χ4n) is 4.76. The summed E-state index contributed by atoms with van der Waals surface area (Å²) in [6.07, 6.45) is 3.35. The Bertz CT molecular complexity index is 1270. The van der Waals surface area contributed by atoms with Gasteiger partial charge in [-0.1, -0.05) is 48.4 Å². The molecule has 1 fully saturated rings. The monoisotopic (exact) mass is 556 g/mol. The Morgan fingerprint density at radius 2 is 1.95 bits per heavy atom. The van der Waals surface area contributed by atoms with E-state index in [9.17, 15) is 14.7 Å². The molecule has 0 aliphatic carbocycles. The van der Waals surface area contributed by atoms with Gasteiger partial charge in [0, 0.05) is 18.7 Å². The van der Waals surface area contributed by atoms with Crippen LogP contribution in [0.1, 0.15) is 54.1 Å². The van der Waals surface area contributed by atoms with Gasteiger partial charge in [0.15, 0.2) is 0 Å². The van der Waals surface area contributed by atoms with Crippen molar-refractivity contribution in [2.24, 2.45) is 0 Å². The Kier molecular flexibility index (Phi) is 9.35. The third-order valence-corrected chi connectivity index (χ3v) is 8.04. The zero-order valence-electron chi connectivity index (χ0n) is 21.9. The van der Waals surface area contributed by atoms with Crippen molar-refractivity contribution in [3.63, 3.8) is 0 Å². The number of benzene rings is 2. The van der Waals surface area contributed by atoms with Gasteiger partial charge in [0.2, 0.25) is 5.13 Å². The molecule has 3 aromatic rings. The molecule has 8 nitrogen and oxygen atoms in total. The van der Waals surface area contributed by atoms with E-state index in [2.05, 4.69) is 17.1 Å². The van der Waals surface area contributed by atoms with Crippen LogP contribution in [-0.2, 0) is 4.79 Å². The number of rotatable bonds is 11. The van der Waals surface area contributed by atoms with Crippen LogP contribution in [0.2, 0.25) is 5.02 Å². The van der Waals surface area contributed by atoms with Gasteiger partial charge in [-0.25, -0.2) is 0 Å². The van der Waals surface area contributed by atoms with Crippen molar-refractivity contribution in [1.29, 1.82) is 0 Å². The summed E-state index contributed by atoms with van der Waals surface area (Å²) in [5, 5.41) is 19.8. The van der Waals surface area contributed by atoms with E-state index in [0.717, 1.165) is 48.2 Å². The Morgan fingerprint density at radius 1 is 1.21 bits per heavy atom. The van der Waals surface area contributed by atoms with Crippen LogP contribution in [0.3, 0.4) is 0 Å². The second-order valence-corrected chi connectivity index (χ2v) is 10.9. The summed E-state index contributed by atoms with van der Waals surface area (Å²) in [7, 11) is 0. The number of aryl methyl sites for hydroxylation is 2. The standard InChI is InChI=1S/C28H33ClN4O4S/c1-4-5-13-33(26(34)21-9-6-7-10-22(21)29)28-31-30-25(38-28)20-16-18(2)24(19(3)17-20)37-15-14-32-12-8-11-23(32)27(35)36/h6-7,9-10,16-17,23H,4-5,8,11-15H2,1-3H3,(H,35,36)/t23-/m0/s1. The summed E-state index contributed by atoms with van der Waals surface area (Å²) in [6, 6.07) is 10.6. The van der Waals surface area contributed by atoms with Crippen molar-refractivity contribution < 1.29 is 19.4 Å². The van der Waals surface area contributed by atoms with Crippen molar-refractivity contribution in [2.45, 2.75) is 52.5 Å². The second-order valence-electron chi connectivity index (χ2n) is 9.50. The van der Waals surface area contributed by atoms with E-state index in [4.69, 9.17) is 16.3 Å². The molecular formula is C28H33ClN4O4S. The number of hydrogen-bond donors (Lipinski definition) is 1. The number of hydrogen-bond acceptors (Lipinski definition) is 7. The Hall–Kier alpha value is -3.01. The molecule has 0 radical (unpaired) electrons. The van der Waals surface area contributed by atoms with Crippen LogP contribution in [0, 0.1) is 13.8 Å². The molecule has 1 saturated heterocycles. The minimum atomic E-state index is -0.766. The molecule has 0 bridgehead atoms. The van der Waals surface area contributed by atoms with Crippen LogP contribution in [0.15, 0.2) is 36.4 Å². The van der Waals surface area contributed by atoms with Gasteiger partial charge < -0.3 is 9.84 Å². The van der Waals surface area contributed by atoms with Crippen LogP contribution in [-0.4, -0.2) is 64.4 Å². The van der Waals surface area contributed by atoms with Crippen LogP contribution in [0.25, 0.3) is 10.6 Å². The number of ether oxygens (including phenoxy) is 1. The van der Waals surface area contributed by atoms with Crippen LogP contribution < -0.4 is 9.64 Å². The smallest absolute Gasteiger partial charge is 0.320 e. The Labute approximate surface area is 232 Å². The lowest BCUT2D eigenvalue weighted by Gasteiger charge is -2.21. The first-order valence-corrected chi connectivity index (χ1v) is 14.1. The van der Waals surface area contributed by atoms with Crippen molar-refractivity contribution >= 4 is 39.9 Å². The largest absolute Gasteiger partial charge is 0.492 e. The van der Waals surface area contributed by atoms with E-state index < -0.39 is 12.0 Å². The van der Waals surface area contributed by atoms with E-state index in [0.29, 0.717) is 46.8 Å². The molecule has 1 atom stereocenters. The van der Waals surface area contributed by atoms with Gasteiger partial charge in [-0.15, -0.1) is 10.2 Å². The molecule has 1 aromatic heterocycles. The number of anilines is 1. The average Bonchev–Trinajstić information content (AvgIpc) is 3.56. The molecule has 0 saturated carbocycles. The number of aliphatic carboxylic acids is 1. The summed E-state index contributed by atoms with van der Waals surface area (Å²) < 4.78 is 6.10. The molecule has 38 heavy (non-hydrogen) atoms. The number of unbranched alkanes of at least 4 members (excludes halogenated alkanes) is 1. The van der Waals surface area contributed by atoms with Gasteiger partial charge in [-0.2, -0.15) is 0 Å². The molecule has 2 heterocycles. The van der Waals surface area contributed by atoms with Crippen molar-refractivity contribution in [2.75, 3.05) is 31.1 Å². The van der Waals surface area contributed by atoms with E-state index in [1.807, 2.05) is 30.9 Å². The summed E-state index contributed by atoms with van der Waals surface area (Å²) in [5.74, 6) is -0.161. The van der Waals surface area contributed by atoms with Gasteiger partial charge >= 0.3 is 5.97 Å². The number of likely N-dealkylation sites (tertiary alicyclic amines) is 1. The predicted molar refractivity (Wildman–Crippen MR) is 151 cm³/mol. The van der Waals surface area contributed by atoms with E-state index in [1.54, 1.807) is 29.2 Å². The van der Waals surface area contributed by atoms with Crippen LogP contribution in [0.4, 0.5) is 5.13 Å². The molecule has 1 N–H and O–H groups in total. The highest BCUT2D eigenvalue weighted by atomic mass is 35.5. The minimum absolute atomic E-state index is 0.189. The zero-order chi connectivity index (χ0) is 27.2. The van der Waals surface area contributed by atoms with Crippen LogP contribution in [0.5, 0.6) is 5.75 Å². The molecule has 1 aliphatic heterocycles. The zero-order valence-corrected chi connectivity index (χ0v) is 23.5. The van der Waals surface area contributed by atoms with Gasteiger partial charge in [0.1, 0.15) is 23.4 Å². The number of halogens is 1. The maximum atomic E-state index is 13.4. The molecule has 1 amide bonds. The minimum Gasteiger partial charge on any atom is -0.492 e. The molecular weight excluding hydrogens is 524 g/mol. The lowest BCUT2D eigenvalue weighted by molar-refractivity contribution is -0.142. The van der Waals surface area contributed by atoms with E-state index in [1.165, 1.54) is 11.3 Å². The van der Waals surface area contributed by atoms with Crippen molar-refractivity contribution in [1.82, 2.24) is 15.1 Å².